The van der Waals surface area contributed by atoms with Crippen LogP contribution in [0.4, 0.5) is 0 Å². The zero-order valence-electron chi connectivity index (χ0n) is 16.6. The fourth-order valence-electron chi connectivity index (χ4n) is 4.08. The predicted molar refractivity (Wildman–Crippen MR) is 110 cm³/mol. The van der Waals surface area contributed by atoms with Crippen LogP contribution in [0, 0.1) is 20.8 Å². The van der Waals surface area contributed by atoms with Gasteiger partial charge in [0, 0.05) is 30.9 Å². The minimum absolute atomic E-state index is 0.0543. The summed E-state index contributed by atoms with van der Waals surface area (Å²) in [6, 6.07) is 18.1. The average Bonchev–Trinajstić information content (AvgIpc) is 2.99. The molecule has 1 amide bonds. The van der Waals surface area contributed by atoms with Crippen molar-refractivity contribution in [3.05, 3.63) is 82.7 Å². The molecule has 0 spiro atoms. The van der Waals surface area contributed by atoms with Crippen LogP contribution in [0.2, 0.25) is 0 Å². The lowest BCUT2D eigenvalue weighted by molar-refractivity contribution is -0.129. The summed E-state index contributed by atoms with van der Waals surface area (Å²) in [4.78, 5) is 15.2. The van der Waals surface area contributed by atoms with Gasteiger partial charge in [-0.05, 0) is 44.0 Å². The van der Waals surface area contributed by atoms with Crippen molar-refractivity contribution in [1.82, 2.24) is 20.0 Å². The number of amides is 1. The third-order valence-corrected chi connectivity index (χ3v) is 5.57. The van der Waals surface area contributed by atoms with Gasteiger partial charge < -0.3 is 5.32 Å². The number of piperazine rings is 1. The lowest BCUT2D eigenvalue weighted by Gasteiger charge is -2.35. The molecule has 1 aliphatic heterocycles. The Morgan fingerprint density at radius 1 is 1.04 bits per heavy atom. The molecule has 1 saturated heterocycles. The summed E-state index contributed by atoms with van der Waals surface area (Å²) in [6.45, 7) is 8.41. The second-order valence-electron chi connectivity index (χ2n) is 7.42. The molecule has 1 aromatic heterocycles. The lowest BCUT2D eigenvalue weighted by atomic mass is 9.98. The summed E-state index contributed by atoms with van der Waals surface area (Å²) >= 11 is 0. The number of aromatic nitrogens is 2. The van der Waals surface area contributed by atoms with Gasteiger partial charge in [-0.2, -0.15) is 5.10 Å². The van der Waals surface area contributed by atoms with E-state index >= 15 is 0 Å². The van der Waals surface area contributed by atoms with Crippen molar-refractivity contribution in [2.24, 2.45) is 0 Å². The number of para-hydroxylation sites is 1. The first-order chi connectivity index (χ1) is 13.6. The first-order valence-corrected chi connectivity index (χ1v) is 9.74. The highest BCUT2D eigenvalue weighted by Crippen LogP contribution is 2.31. The van der Waals surface area contributed by atoms with Crippen LogP contribution in [-0.4, -0.2) is 33.7 Å². The monoisotopic (exact) mass is 374 g/mol. The van der Waals surface area contributed by atoms with Crippen LogP contribution in [0.15, 0.2) is 54.6 Å². The van der Waals surface area contributed by atoms with Gasteiger partial charge in [0.25, 0.3) is 0 Å². The molecule has 2 aromatic carbocycles. The molecule has 0 unspecified atom stereocenters. The highest BCUT2D eigenvalue weighted by molar-refractivity contribution is 5.84. The summed E-state index contributed by atoms with van der Waals surface area (Å²) in [5, 5.41) is 7.81. The molecule has 3 aromatic rings. The third-order valence-electron chi connectivity index (χ3n) is 5.57. The van der Waals surface area contributed by atoms with Gasteiger partial charge in [0.1, 0.15) is 6.04 Å². The minimum atomic E-state index is -0.328. The molecule has 0 saturated carbocycles. The normalized spacial score (nSPS) is 17.5. The van der Waals surface area contributed by atoms with Crippen molar-refractivity contribution in [2.75, 3.05) is 13.1 Å². The van der Waals surface area contributed by atoms with Gasteiger partial charge in [-0.1, -0.05) is 42.5 Å². The Balaban J connectivity index is 1.74. The smallest absolute Gasteiger partial charge is 0.242 e. The van der Waals surface area contributed by atoms with E-state index in [4.69, 9.17) is 5.10 Å². The van der Waals surface area contributed by atoms with E-state index in [9.17, 15) is 4.79 Å². The van der Waals surface area contributed by atoms with Gasteiger partial charge in [0.15, 0.2) is 0 Å². The summed E-state index contributed by atoms with van der Waals surface area (Å²) in [5.41, 5.74) is 6.44. The van der Waals surface area contributed by atoms with Crippen molar-refractivity contribution < 1.29 is 4.79 Å². The van der Waals surface area contributed by atoms with Crippen LogP contribution in [0.5, 0.6) is 0 Å². The molecule has 5 nitrogen and oxygen atoms in total. The Morgan fingerprint density at radius 3 is 2.50 bits per heavy atom. The van der Waals surface area contributed by atoms with Crippen molar-refractivity contribution in [3.8, 4) is 5.69 Å². The van der Waals surface area contributed by atoms with E-state index in [0.717, 1.165) is 35.7 Å². The third kappa shape index (κ3) is 3.34. The van der Waals surface area contributed by atoms with E-state index in [1.165, 1.54) is 11.1 Å². The maximum absolute atomic E-state index is 12.9. The summed E-state index contributed by atoms with van der Waals surface area (Å²) in [7, 11) is 0. The van der Waals surface area contributed by atoms with Crippen LogP contribution in [0.3, 0.4) is 0 Å². The van der Waals surface area contributed by atoms with Crippen molar-refractivity contribution in [1.29, 1.82) is 0 Å². The summed E-state index contributed by atoms with van der Waals surface area (Å²) < 4.78 is 1.94. The molecule has 0 radical (unpaired) electrons. The van der Waals surface area contributed by atoms with E-state index in [0.29, 0.717) is 6.54 Å². The maximum atomic E-state index is 12.9. The fraction of sp³-hybridized carbons (Fsp3) is 0.304. The molecule has 4 rings (SSSR count). The zero-order valence-corrected chi connectivity index (χ0v) is 16.6. The highest BCUT2D eigenvalue weighted by Gasteiger charge is 2.35. The number of benzene rings is 2. The number of carbonyl (C=O) groups is 1. The lowest BCUT2D eigenvalue weighted by Crippen LogP contribution is -2.49. The second kappa shape index (κ2) is 7.60. The average molecular weight is 374 g/mol. The number of hydrogen-bond acceptors (Lipinski definition) is 3. The zero-order chi connectivity index (χ0) is 19.7. The van der Waals surface area contributed by atoms with Gasteiger partial charge >= 0.3 is 0 Å². The summed E-state index contributed by atoms with van der Waals surface area (Å²) in [5.74, 6) is 0.0543. The van der Waals surface area contributed by atoms with Gasteiger partial charge in [0.05, 0.1) is 11.4 Å². The van der Waals surface area contributed by atoms with Crippen LogP contribution in [0.1, 0.15) is 34.1 Å². The molecule has 5 heteroatoms. The molecular formula is C23H26N4O. The van der Waals surface area contributed by atoms with E-state index in [-0.39, 0.29) is 11.9 Å². The second-order valence-corrected chi connectivity index (χ2v) is 7.42. The Kier molecular flexibility index (Phi) is 5.01. The molecule has 1 atom stereocenters. The Morgan fingerprint density at radius 2 is 1.75 bits per heavy atom. The SMILES string of the molecule is Cc1ccccc1CN1CCNC(=O)[C@@H]1c1c(C)nn(-c2ccccc2)c1C. The molecule has 28 heavy (non-hydrogen) atoms. The molecule has 1 aliphatic rings. The fourth-order valence-corrected chi connectivity index (χ4v) is 4.08. The molecule has 1 fully saturated rings. The van der Waals surface area contributed by atoms with Crippen LogP contribution in [0.25, 0.3) is 5.69 Å². The first-order valence-electron chi connectivity index (χ1n) is 9.74. The Labute approximate surface area is 166 Å². The number of nitrogens with one attached hydrogen (secondary N) is 1. The molecule has 2 heterocycles. The van der Waals surface area contributed by atoms with Gasteiger partial charge in [-0.3, -0.25) is 9.69 Å². The quantitative estimate of drug-likeness (QED) is 0.761. The predicted octanol–water partition coefficient (Wildman–Crippen LogP) is 3.47. The first kappa shape index (κ1) is 18.4. The van der Waals surface area contributed by atoms with Crippen LogP contribution < -0.4 is 5.32 Å². The van der Waals surface area contributed by atoms with Crippen LogP contribution >= 0.6 is 0 Å². The largest absolute Gasteiger partial charge is 0.353 e. The van der Waals surface area contributed by atoms with Gasteiger partial charge in [0.2, 0.25) is 5.91 Å². The molecule has 0 bridgehead atoms. The summed E-state index contributed by atoms with van der Waals surface area (Å²) in [6.07, 6.45) is 0. The van der Waals surface area contributed by atoms with Crippen molar-refractivity contribution in [2.45, 2.75) is 33.4 Å². The minimum Gasteiger partial charge on any atom is -0.353 e. The van der Waals surface area contributed by atoms with E-state index in [2.05, 4.69) is 48.3 Å². The number of nitrogens with zero attached hydrogens (tertiary/aromatic N) is 3. The van der Waals surface area contributed by atoms with Crippen molar-refractivity contribution in [3.63, 3.8) is 0 Å². The van der Waals surface area contributed by atoms with Crippen LogP contribution in [-0.2, 0) is 11.3 Å². The molecule has 144 valence electrons. The number of aryl methyl sites for hydroxylation is 2. The number of hydrogen-bond donors (Lipinski definition) is 1. The molecular weight excluding hydrogens is 348 g/mol. The molecule has 0 aliphatic carbocycles. The van der Waals surface area contributed by atoms with E-state index in [1.807, 2.05) is 41.9 Å². The Bertz CT molecular complexity index is 993. The number of rotatable bonds is 4. The van der Waals surface area contributed by atoms with E-state index < -0.39 is 0 Å². The van der Waals surface area contributed by atoms with Gasteiger partial charge in [-0.15, -0.1) is 0 Å². The van der Waals surface area contributed by atoms with Gasteiger partial charge in [-0.25, -0.2) is 4.68 Å². The standard InChI is InChI=1S/C23H26N4O/c1-16-9-7-8-10-19(16)15-26-14-13-24-23(28)22(26)21-17(2)25-27(18(21)3)20-11-5-4-6-12-20/h4-12,22H,13-15H2,1-3H3,(H,24,28)/t22-/m0/s1. The number of carbonyl (C=O) groups excluding carboxylic acids is 1. The van der Waals surface area contributed by atoms with E-state index in [1.54, 1.807) is 0 Å². The molecule has 1 N–H and O–H groups in total. The highest BCUT2D eigenvalue weighted by atomic mass is 16.2. The topological polar surface area (TPSA) is 50.2 Å². The Hall–Kier alpha value is -2.92. The van der Waals surface area contributed by atoms with Crippen molar-refractivity contribution >= 4 is 5.91 Å². The maximum Gasteiger partial charge on any atom is 0.242 e.